The standard InChI is InChI=1S/C24H27ClFN5O4/c1-6-27-22(33)29-14-8-7-9-15(12-14)31-20(13(2)28-23(34)35-24(3,4)5)30-19-17(26)11-10-16(25)18(19)21(31)32/h7-13H,6H2,1-5H3,(H,28,34)(H2,27,29,33)/t13-/m0/s1. The number of aromatic nitrogens is 2. The second-order valence-electron chi connectivity index (χ2n) is 8.77. The number of nitrogens with one attached hydrogen (secondary N) is 3. The molecule has 3 N–H and O–H groups in total. The molecule has 186 valence electrons. The van der Waals surface area contributed by atoms with Crippen LogP contribution in [0.1, 0.15) is 46.5 Å². The van der Waals surface area contributed by atoms with Gasteiger partial charge in [0, 0.05) is 12.2 Å². The van der Waals surface area contributed by atoms with Gasteiger partial charge in [-0.3, -0.25) is 9.36 Å². The Morgan fingerprint density at radius 1 is 1.23 bits per heavy atom. The first-order valence-electron chi connectivity index (χ1n) is 11.0. The lowest BCUT2D eigenvalue weighted by molar-refractivity contribution is 0.0505. The van der Waals surface area contributed by atoms with Crippen molar-refractivity contribution in [3.8, 4) is 5.69 Å². The summed E-state index contributed by atoms with van der Waals surface area (Å²) in [6.07, 6.45) is -0.732. The normalized spacial score (nSPS) is 12.2. The Hall–Kier alpha value is -3.66. The van der Waals surface area contributed by atoms with Crippen molar-refractivity contribution in [3.05, 3.63) is 63.4 Å². The van der Waals surface area contributed by atoms with E-state index in [1.165, 1.54) is 10.6 Å². The number of carbonyl (C=O) groups excluding carboxylic acids is 2. The lowest BCUT2D eigenvalue weighted by atomic mass is 10.2. The van der Waals surface area contributed by atoms with Gasteiger partial charge in [0.25, 0.3) is 5.56 Å². The summed E-state index contributed by atoms with van der Waals surface area (Å²) in [4.78, 5) is 42.4. The number of ether oxygens (including phenoxy) is 1. The Balaban J connectivity index is 2.19. The number of urea groups is 1. The SMILES string of the molecule is CCNC(=O)Nc1cccc(-n2c([C@H](C)NC(=O)OC(C)(C)C)nc3c(F)ccc(Cl)c3c2=O)c1. The molecular formula is C24H27ClFN5O4. The van der Waals surface area contributed by atoms with Crippen LogP contribution in [0.15, 0.2) is 41.2 Å². The van der Waals surface area contributed by atoms with Crippen LogP contribution >= 0.6 is 11.6 Å². The number of benzene rings is 2. The summed E-state index contributed by atoms with van der Waals surface area (Å²) < 4.78 is 21.2. The molecule has 1 aromatic heterocycles. The number of carbonyl (C=O) groups is 2. The summed E-state index contributed by atoms with van der Waals surface area (Å²) >= 11 is 6.24. The third-order valence-corrected chi connectivity index (χ3v) is 5.09. The van der Waals surface area contributed by atoms with Crippen LogP contribution in [-0.4, -0.2) is 33.8 Å². The first-order valence-corrected chi connectivity index (χ1v) is 11.3. The number of rotatable bonds is 5. The van der Waals surface area contributed by atoms with Crippen LogP contribution in [0.25, 0.3) is 16.6 Å². The average molecular weight is 504 g/mol. The summed E-state index contributed by atoms with van der Waals surface area (Å²) in [5.74, 6) is -0.685. The molecule has 0 unspecified atom stereocenters. The summed E-state index contributed by atoms with van der Waals surface area (Å²) in [7, 11) is 0. The molecule has 0 fully saturated rings. The fourth-order valence-corrected chi connectivity index (χ4v) is 3.62. The molecule has 3 aromatic rings. The molecule has 0 radical (unpaired) electrons. The molecule has 2 aromatic carbocycles. The quantitative estimate of drug-likeness (QED) is 0.458. The van der Waals surface area contributed by atoms with Crippen LogP contribution < -0.4 is 21.5 Å². The van der Waals surface area contributed by atoms with Crippen LogP contribution in [0.3, 0.4) is 0 Å². The van der Waals surface area contributed by atoms with Crippen molar-refractivity contribution in [2.24, 2.45) is 0 Å². The molecule has 0 aliphatic carbocycles. The van der Waals surface area contributed by atoms with Gasteiger partial charge < -0.3 is 20.7 Å². The minimum Gasteiger partial charge on any atom is -0.444 e. The van der Waals surface area contributed by atoms with Crippen LogP contribution in [0.4, 0.5) is 19.7 Å². The van der Waals surface area contributed by atoms with E-state index in [1.807, 2.05) is 0 Å². The van der Waals surface area contributed by atoms with E-state index in [9.17, 15) is 18.8 Å². The lowest BCUT2D eigenvalue weighted by Gasteiger charge is -2.23. The second-order valence-corrected chi connectivity index (χ2v) is 9.17. The molecule has 0 spiro atoms. The number of fused-ring (bicyclic) bond motifs is 1. The van der Waals surface area contributed by atoms with E-state index >= 15 is 0 Å². The van der Waals surface area contributed by atoms with Crippen LogP contribution in [0, 0.1) is 5.82 Å². The highest BCUT2D eigenvalue weighted by atomic mass is 35.5. The van der Waals surface area contributed by atoms with Crippen molar-refractivity contribution in [2.75, 3.05) is 11.9 Å². The largest absolute Gasteiger partial charge is 0.444 e. The molecule has 9 nitrogen and oxygen atoms in total. The van der Waals surface area contributed by atoms with E-state index in [0.717, 1.165) is 6.07 Å². The predicted octanol–water partition coefficient (Wildman–Crippen LogP) is 4.91. The van der Waals surface area contributed by atoms with Crippen molar-refractivity contribution in [1.82, 2.24) is 20.2 Å². The summed E-state index contributed by atoms with van der Waals surface area (Å²) in [5.41, 5.74) is -0.874. The molecule has 1 heterocycles. The van der Waals surface area contributed by atoms with Gasteiger partial charge in [-0.15, -0.1) is 0 Å². The number of halogens is 2. The highest BCUT2D eigenvalue weighted by molar-refractivity contribution is 6.35. The number of amides is 3. The maximum atomic E-state index is 14.7. The van der Waals surface area contributed by atoms with Crippen LogP contribution in [0.5, 0.6) is 0 Å². The maximum absolute atomic E-state index is 14.7. The highest BCUT2D eigenvalue weighted by Crippen LogP contribution is 2.26. The van der Waals surface area contributed by atoms with Crippen molar-refractivity contribution in [3.63, 3.8) is 0 Å². The number of alkyl carbamates (subject to hydrolysis) is 1. The first kappa shape index (κ1) is 26.0. The summed E-state index contributed by atoms with van der Waals surface area (Å²) in [5, 5.41) is 7.85. The highest BCUT2D eigenvalue weighted by Gasteiger charge is 2.24. The molecule has 3 rings (SSSR count). The molecule has 1 atom stereocenters. The van der Waals surface area contributed by atoms with Crippen LogP contribution in [-0.2, 0) is 4.74 Å². The topological polar surface area (TPSA) is 114 Å². The average Bonchev–Trinajstić information content (AvgIpc) is 2.74. The van der Waals surface area contributed by atoms with Gasteiger partial charge in [-0.1, -0.05) is 17.7 Å². The Morgan fingerprint density at radius 2 is 1.94 bits per heavy atom. The molecule has 0 saturated carbocycles. The Kier molecular flexibility index (Phi) is 7.64. The van der Waals surface area contributed by atoms with Crippen LogP contribution in [0.2, 0.25) is 5.02 Å². The van der Waals surface area contributed by atoms with Crippen molar-refractivity contribution < 1.29 is 18.7 Å². The van der Waals surface area contributed by atoms with Gasteiger partial charge in [0.05, 0.1) is 22.1 Å². The molecule has 0 saturated heterocycles. The monoisotopic (exact) mass is 503 g/mol. The van der Waals surface area contributed by atoms with E-state index in [4.69, 9.17) is 16.3 Å². The van der Waals surface area contributed by atoms with Gasteiger partial charge >= 0.3 is 12.1 Å². The maximum Gasteiger partial charge on any atom is 0.408 e. The van der Waals surface area contributed by atoms with Gasteiger partial charge in [0.2, 0.25) is 0 Å². The van der Waals surface area contributed by atoms with Gasteiger partial charge in [-0.05, 0) is 65.0 Å². The fourth-order valence-electron chi connectivity index (χ4n) is 3.38. The van der Waals surface area contributed by atoms with Gasteiger partial charge in [0.1, 0.15) is 22.8 Å². The molecule has 3 amide bonds. The summed E-state index contributed by atoms with van der Waals surface area (Å²) in [6.45, 7) is 8.95. The van der Waals surface area contributed by atoms with E-state index in [2.05, 4.69) is 20.9 Å². The molecule has 0 bridgehead atoms. The van der Waals surface area contributed by atoms with E-state index < -0.39 is 35.1 Å². The minimum atomic E-state index is -0.861. The fraction of sp³-hybridized carbons (Fsp3) is 0.333. The second kappa shape index (κ2) is 10.3. The third-order valence-electron chi connectivity index (χ3n) is 4.77. The molecule has 11 heteroatoms. The third kappa shape index (κ3) is 6.07. The molecule has 35 heavy (non-hydrogen) atoms. The Bertz CT molecular complexity index is 1340. The zero-order chi connectivity index (χ0) is 25.9. The lowest BCUT2D eigenvalue weighted by Crippen LogP contribution is -2.37. The molecule has 0 aliphatic heterocycles. The number of anilines is 1. The predicted molar refractivity (Wildman–Crippen MR) is 133 cm³/mol. The zero-order valence-corrected chi connectivity index (χ0v) is 20.8. The molecule has 0 aliphatic rings. The summed E-state index contributed by atoms with van der Waals surface area (Å²) in [6, 6.07) is 7.58. The van der Waals surface area contributed by atoms with Gasteiger partial charge in [-0.2, -0.15) is 0 Å². The van der Waals surface area contributed by atoms with Crippen molar-refractivity contribution >= 4 is 40.3 Å². The van der Waals surface area contributed by atoms with E-state index in [0.29, 0.717) is 17.9 Å². The zero-order valence-electron chi connectivity index (χ0n) is 20.0. The minimum absolute atomic E-state index is 0.0311. The van der Waals surface area contributed by atoms with E-state index in [1.54, 1.807) is 58.9 Å². The number of hydrogen-bond donors (Lipinski definition) is 3. The van der Waals surface area contributed by atoms with Gasteiger partial charge in [-0.25, -0.2) is 19.0 Å². The van der Waals surface area contributed by atoms with Gasteiger partial charge in [0.15, 0.2) is 0 Å². The Labute approximate surface area is 206 Å². The number of hydrogen-bond acceptors (Lipinski definition) is 5. The first-order chi connectivity index (χ1) is 16.4. The van der Waals surface area contributed by atoms with Crippen molar-refractivity contribution in [1.29, 1.82) is 0 Å². The van der Waals surface area contributed by atoms with E-state index in [-0.39, 0.29) is 21.7 Å². The Morgan fingerprint density at radius 3 is 2.60 bits per heavy atom. The van der Waals surface area contributed by atoms with Crippen molar-refractivity contribution in [2.45, 2.75) is 46.3 Å². The number of nitrogens with zero attached hydrogens (tertiary/aromatic N) is 2. The smallest absolute Gasteiger partial charge is 0.408 e. The molecular weight excluding hydrogens is 477 g/mol.